The van der Waals surface area contributed by atoms with Crippen molar-refractivity contribution in [1.29, 1.82) is 0 Å². The van der Waals surface area contributed by atoms with Gasteiger partial charge < -0.3 is 39.4 Å². The van der Waals surface area contributed by atoms with Gasteiger partial charge in [0.1, 0.15) is 24.4 Å². The van der Waals surface area contributed by atoms with Gasteiger partial charge in [0, 0.05) is 12.3 Å². The fourth-order valence-electron chi connectivity index (χ4n) is 11.7. The first-order chi connectivity index (χ1) is 19.5. The molecule has 4 aliphatic carbocycles. The highest BCUT2D eigenvalue weighted by molar-refractivity contribution is 5.15. The zero-order valence-electron chi connectivity index (χ0n) is 25.5. The molecule has 41 heavy (non-hydrogen) atoms. The van der Waals surface area contributed by atoms with Crippen molar-refractivity contribution in [3.8, 4) is 0 Å². The number of hydrogen-bond acceptors (Lipinski definition) is 8. The van der Waals surface area contributed by atoms with E-state index in [-0.39, 0.29) is 17.3 Å². The lowest BCUT2D eigenvalue weighted by molar-refractivity contribution is -0.316. The molecule has 3 heterocycles. The molecule has 4 saturated carbocycles. The van der Waals surface area contributed by atoms with Crippen LogP contribution >= 0.6 is 0 Å². The van der Waals surface area contributed by atoms with Crippen molar-refractivity contribution in [2.45, 2.75) is 141 Å². The predicted molar refractivity (Wildman–Crippen MR) is 150 cm³/mol. The van der Waals surface area contributed by atoms with Crippen molar-refractivity contribution in [3.05, 3.63) is 0 Å². The molecule has 7 fully saturated rings. The number of aliphatic hydroxyl groups excluding tert-OH is 4. The van der Waals surface area contributed by atoms with E-state index in [1.165, 1.54) is 38.5 Å². The Kier molecular flexibility index (Phi) is 7.43. The molecule has 8 nitrogen and oxygen atoms in total. The summed E-state index contributed by atoms with van der Waals surface area (Å²) in [5, 5.41) is 40.4. The van der Waals surface area contributed by atoms with Crippen LogP contribution in [0.25, 0.3) is 0 Å². The Morgan fingerprint density at radius 3 is 2.34 bits per heavy atom. The second-order valence-corrected chi connectivity index (χ2v) is 15.9. The lowest BCUT2D eigenvalue weighted by atomic mass is 9.44. The van der Waals surface area contributed by atoms with E-state index in [1.807, 2.05) is 0 Å². The molecule has 0 radical (unpaired) electrons. The van der Waals surface area contributed by atoms with Gasteiger partial charge in [-0.1, -0.05) is 27.7 Å². The summed E-state index contributed by atoms with van der Waals surface area (Å²) in [5.74, 6) is 4.08. The standard InChI is InChI=1S/C33H54O8/c1-17-7-12-33(38-16-17)18(2)26-24(41-33)14-23-21-6-5-19-13-20(8-10-31(19,3)22(21)9-11-32(23,26)4)39-30-29(37)28(36)27(35)25(15-34)40-30/h17-30,34-37H,5-16H2,1-4H3/t17-,18-,19+,20+,21+,22-,23+,24-,25+,26-,27-,28-,29+,30+,31-,32+,33+/m0/s1. The average Bonchev–Trinajstić information content (AvgIpc) is 3.40. The number of hydrogen-bond donors (Lipinski definition) is 4. The topological polar surface area (TPSA) is 118 Å². The minimum atomic E-state index is -1.40. The monoisotopic (exact) mass is 578 g/mol. The first-order valence-corrected chi connectivity index (χ1v) is 16.8. The molecule has 7 aliphatic rings. The number of rotatable bonds is 3. The minimum absolute atomic E-state index is 0.0607. The minimum Gasteiger partial charge on any atom is -0.394 e. The Bertz CT molecular complexity index is 967. The summed E-state index contributed by atoms with van der Waals surface area (Å²) < 4.78 is 25.4. The lowest BCUT2D eigenvalue weighted by Gasteiger charge is -2.61. The molecule has 3 aliphatic heterocycles. The van der Waals surface area contributed by atoms with E-state index in [0.29, 0.717) is 35.2 Å². The predicted octanol–water partition coefficient (Wildman–Crippen LogP) is 3.62. The summed E-state index contributed by atoms with van der Waals surface area (Å²) in [5.41, 5.74) is 0.612. The molecule has 0 aromatic heterocycles. The van der Waals surface area contributed by atoms with Crippen molar-refractivity contribution in [3.63, 3.8) is 0 Å². The van der Waals surface area contributed by atoms with E-state index in [0.717, 1.165) is 50.0 Å². The molecule has 7 rings (SSSR count). The van der Waals surface area contributed by atoms with E-state index in [9.17, 15) is 20.4 Å². The van der Waals surface area contributed by atoms with Gasteiger partial charge in [0.15, 0.2) is 12.1 Å². The van der Waals surface area contributed by atoms with E-state index >= 15 is 0 Å². The summed E-state index contributed by atoms with van der Waals surface area (Å²) in [6, 6.07) is 0. The first kappa shape index (κ1) is 29.4. The third kappa shape index (κ3) is 4.36. The van der Waals surface area contributed by atoms with Gasteiger partial charge >= 0.3 is 0 Å². The van der Waals surface area contributed by atoms with Gasteiger partial charge in [0.05, 0.1) is 25.4 Å². The third-order valence-electron chi connectivity index (χ3n) is 14.1. The molecule has 0 aromatic carbocycles. The van der Waals surface area contributed by atoms with Crippen LogP contribution in [-0.2, 0) is 18.9 Å². The summed E-state index contributed by atoms with van der Waals surface area (Å²) >= 11 is 0. The van der Waals surface area contributed by atoms with Gasteiger partial charge in [-0.25, -0.2) is 0 Å². The fraction of sp³-hybridized carbons (Fsp3) is 1.00. The molecule has 0 amide bonds. The molecule has 0 unspecified atom stereocenters. The molecule has 1 spiro atoms. The van der Waals surface area contributed by atoms with Crippen molar-refractivity contribution >= 4 is 0 Å². The smallest absolute Gasteiger partial charge is 0.186 e. The van der Waals surface area contributed by atoms with Gasteiger partial charge in [-0.05, 0) is 104 Å². The van der Waals surface area contributed by atoms with Crippen LogP contribution in [0, 0.1) is 52.3 Å². The molecule has 0 bridgehead atoms. The van der Waals surface area contributed by atoms with Crippen LogP contribution in [0.1, 0.15) is 91.9 Å². The Hall–Kier alpha value is -0.320. The molecule has 0 aromatic rings. The lowest BCUT2D eigenvalue weighted by Crippen LogP contribution is -2.60. The van der Waals surface area contributed by atoms with Gasteiger partial charge in [0.2, 0.25) is 0 Å². The van der Waals surface area contributed by atoms with E-state index < -0.39 is 37.3 Å². The second-order valence-electron chi connectivity index (χ2n) is 15.9. The quantitative estimate of drug-likeness (QED) is 0.375. The summed E-state index contributed by atoms with van der Waals surface area (Å²) in [6.07, 6.45) is 5.64. The average molecular weight is 579 g/mol. The Labute approximate surface area is 245 Å². The molecule has 17 atom stereocenters. The van der Waals surface area contributed by atoms with Crippen LogP contribution in [0.4, 0.5) is 0 Å². The van der Waals surface area contributed by atoms with Crippen molar-refractivity contribution in [1.82, 2.24) is 0 Å². The van der Waals surface area contributed by atoms with Crippen molar-refractivity contribution in [2.75, 3.05) is 13.2 Å². The maximum absolute atomic E-state index is 10.5. The molecule has 3 saturated heterocycles. The Morgan fingerprint density at radius 2 is 1.61 bits per heavy atom. The largest absolute Gasteiger partial charge is 0.394 e. The van der Waals surface area contributed by atoms with Crippen LogP contribution in [0.15, 0.2) is 0 Å². The van der Waals surface area contributed by atoms with Crippen LogP contribution in [0.5, 0.6) is 0 Å². The summed E-state index contributed by atoms with van der Waals surface area (Å²) in [7, 11) is 0. The molecular weight excluding hydrogens is 524 g/mol. The van der Waals surface area contributed by atoms with Crippen LogP contribution < -0.4 is 0 Å². The van der Waals surface area contributed by atoms with Gasteiger partial charge in [-0.15, -0.1) is 0 Å². The third-order valence-corrected chi connectivity index (χ3v) is 14.1. The van der Waals surface area contributed by atoms with E-state index in [4.69, 9.17) is 18.9 Å². The fourth-order valence-corrected chi connectivity index (χ4v) is 11.7. The van der Waals surface area contributed by atoms with Crippen LogP contribution in [0.3, 0.4) is 0 Å². The SMILES string of the molecule is C[C@H]1CC[C@@]2(OC1)O[C@H]1C[C@@H]3[C@@H]4CC[C@@H]5C[C@H](O[C@@H]6O[C@H](CO)[C@H](O)[C@H](O)[C@H]6O)CC[C@]5(C)[C@H]4CC[C@@]3(C)[C@H]1[C@@H]2C. The van der Waals surface area contributed by atoms with Crippen LogP contribution in [0.2, 0.25) is 0 Å². The second kappa shape index (κ2) is 10.4. The van der Waals surface area contributed by atoms with Gasteiger partial charge in [0.25, 0.3) is 0 Å². The highest BCUT2D eigenvalue weighted by Gasteiger charge is 2.69. The highest BCUT2D eigenvalue weighted by atomic mass is 16.7. The summed E-state index contributed by atoms with van der Waals surface area (Å²) in [4.78, 5) is 0. The maximum atomic E-state index is 10.5. The zero-order valence-corrected chi connectivity index (χ0v) is 25.5. The molecule has 8 heteroatoms. The molecular formula is C33H54O8. The Morgan fingerprint density at radius 1 is 0.829 bits per heavy atom. The van der Waals surface area contributed by atoms with E-state index in [1.54, 1.807) is 0 Å². The van der Waals surface area contributed by atoms with Crippen molar-refractivity contribution < 1.29 is 39.4 Å². The van der Waals surface area contributed by atoms with Gasteiger partial charge in [-0.3, -0.25) is 0 Å². The maximum Gasteiger partial charge on any atom is 0.186 e. The highest BCUT2D eigenvalue weighted by Crippen LogP contribution is 2.71. The number of aliphatic hydroxyl groups is 4. The van der Waals surface area contributed by atoms with Crippen molar-refractivity contribution in [2.24, 2.45) is 52.3 Å². The molecule has 4 N–H and O–H groups in total. The number of ether oxygens (including phenoxy) is 4. The van der Waals surface area contributed by atoms with Gasteiger partial charge in [-0.2, -0.15) is 0 Å². The molecule has 234 valence electrons. The Balaban J connectivity index is 1.03. The zero-order chi connectivity index (χ0) is 28.9. The summed E-state index contributed by atoms with van der Waals surface area (Å²) in [6.45, 7) is 10.3. The normalized spacial score (nSPS) is 60.3. The number of fused-ring (bicyclic) bond motifs is 7. The first-order valence-electron chi connectivity index (χ1n) is 16.8. The van der Waals surface area contributed by atoms with E-state index in [2.05, 4.69) is 27.7 Å². The van der Waals surface area contributed by atoms with Crippen LogP contribution in [-0.4, -0.2) is 82.3 Å².